The minimum absolute atomic E-state index is 0.0206. The second-order valence-electron chi connectivity index (χ2n) is 2.30. The van der Waals surface area contributed by atoms with E-state index in [1.54, 1.807) is 12.4 Å². The van der Waals surface area contributed by atoms with Gasteiger partial charge in [0.25, 0.3) is 0 Å². The Morgan fingerprint density at radius 3 is 2.55 bits per heavy atom. The van der Waals surface area contributed by atoms with Gasteiger partial charge in [-0.3, -0.25) is 0 Å². The third-order valence-electron chi connectivity index (χ3n) is 1.51. The van der Waals surface area contributed by atoms with Crippen molar-refractivity contribution in [3.05, 3.63) is 23.2 Å². The van der Waals surface area contributed by atoms with Gasteiger partial charge in [-0.1, -0.05) is 6.92 Å². The first-order valence-electron chi connectivity index (χ1n) is 3.47. The molecule has 11 heavy (non-hydrogen) atoms. The van der Waals surface area contributed by atoms with E-state index in [9.17, 15) is 0 Å². The second-order valence-corrected chi connectivity index (χ2v) is 2.64. The van der Waals surface area contributed by atoms with Gasteiger partial charge in [0.1, 0.15) is 0 Å². The van der Waals surface area contributed by atoms with E-state index >= 15 is 0 Å². The Morgan fingerprint density at radius 2 is 2.09 bits per heavy atom. The summed E-state index contributed by atoms with van der Waals surface area (Å²) >= 11 is 5.50. The van der Waals surface area contributed by atoms with Gasteiger partial charge in [-0.05, 0) is 18.0 Å². The van der Waals surface area contributed by atoms with Crippen LogP contribution >= 0.6 is 11.6 Å². The van der Waals surface area contributed by atoms with Gasteiger partial charge in [0.2, 0.25) is 5.28 Å². The minimum Gasteiger partial charge on any atom is -0.324 e. The smallest absolute Gasteiger partial charge is 0.222 e. The summed E-state index contributed by atoms with van der Waals surface area (Å²) in [5.74, 6) is 0. The maximum atomic E-state index is 5.72. The van der Waals surface area contributed by atoms with E-state index in [-0.39, 0.29) is 11.3 Å². The van der Waals surface area contributed by atoms with Crippen molar-refractivity contribution in [3.8, 4) is 0 Å². The zero-order chi connectivity index (χ0) is 8.27. The molecule has 0 radical (unpaired) electrons. The van der Waals surface area contributed by atoms with Gasteiger partial charge in [-0.25, -0.2) is 9.97 Å². The summed E-state index contributed by atoms with van der Waals surface area (Å²) in [4.78, 5) is 7.64. The van der Waals surface area contributed by atoms with E-state index in [0.29, 0.717) is 0 Å². The minimum atomic E-state index is 0.0206. The Labute approximate surface area is 70.6 Å². The molecule has 0 saturated heterocycles. The molecule has 1 aromatic heterocycles. The number of halogens is 1. The van der Waals surface area contributed by atoms with Crippen molar-refractivity contribution in [1.82, 2.24) is 9.97 Å². The first-order valence-corrected chi connectivity index (χ1v) is 3.85. The van der Waals surface area contributed by atoms with Crippen LogP contribution in [0.5, 0.6) is 0 Å². The van der Waals surface area contributed by atoms with Crippen molar-refractivity contribution in [2.75, 3.05) is 0 Å². The number of hydrogen-bond donors (Lipinski definition) is 1. The summed E-state index contributed by atoms with van der Waals surface area (Å²) in [6.07, 6.45) is 4.19. The highest BCUT2D eigenvalue weighted by Gasteiger charge is 2.02. The van der Waals surface area contributed by atoms with Crippen LogP contribution in [0, 0.1) is 0 Å². The van der Waals surface area contributed by atoms with Crippen LogP contribution in [0.3, 0.4) is 0 Å². The highest BCUT2D eigenvalue weighted by Crippen LogP contribution is 2.11. The van der Waals surface area contributed by atoms with Gasteiger partial charge >= 0.3 is 0 Å². The molecule has 0 aliphatic heterocycles. The van der Waals surface area contributed by atoms with Crippen LogP contribution in [-0.2, 0) is 0 Å². The topological polar surface area (TPSA) is 51.8 Å². The second kappa shape index (κ2) is 3.64. The van der Waals surface area contributed by atoms with Gasteiger partial charge in [-0.2, -0.15) is 0 Å². The monoisotopic (exact) mass is 171 g/mol. The van der Waals surface area contributed by atoms with E-state index in [0.717, 1.165) is 12.0 Å². The van der Waals surface area contributed by atoms with E-state index in [4.69, 9.17) is 17.3 Å². The highest BCUT2D eigenvalue weighted by molar-refractivity contribution is 6.28. The normalized spacial score (nSPS) is 13.0. The number of nitrogens with zero attached hydrogens (tertiary/aromatic N) is 2. The van der Waals surface area contributed by atoms with Crippen LogP contribution in [0.2, 0.25) is 5.28 Å². The maximum Gasteiger partial charge on any atom is 0.222 e. The van der Waals surface area contributed by atoms with Crippen LogP contribution in [-0.4, -0.2) is 9.97 Å². The Balaban J connectivity index is 2.81. The zero-order valence-electron chi connectivity index (χ0n) is 6.29. The van der Waals surface area contributed by atoms with Crippen molar-refractivity contribution in [2.45, 2.75) is 19.4 Å². The van der Waals surface area contributed by atoms with Crippen LogP contribution in [0.1, 0.15) is 24.9 Å². The summed E-state index contributed by atoms with van der Waals surface area (Å²) in [5.41, 5.74) is 6.65. The van der Waals surface area contributed by atoms with Gasteiger partial charge in [0.15, 0.2) is 0 Å². The number of hydrogen-bond acceptors (Lipinski definition) is 3. The molecule has 0 saturated carbocycles. The Hall–Kier alpha value is -0.670. The fraction of sp³-hybridized carbons (Fsp3) is 0.429. The van der Waals surface area contributed by atoms with Crippen LogP contribution in [0.4, 0.5) is 0 Å². The van der Waals surface area contributed by atoms with Crippen LogP contribution < -0.4 is 5.73 Å². The van der Waals surface area contributed by atoms with Gasteiger partial charge < -0.3 is 5.73 Å². The molecule has 1 atom stereocenters. The molecule has 4 heteroatoms. The molecule has 60 valence electrons. The average Bonchev–Trinajstić information content (AvgIpc) is 2.05. The van der Waals surface area contributed by atoms with Crippen LogP contribution in [0.25, 0.3) is 0 Å². The lowest BCUT2D eigenvalue weighted by Gasteiger charge is -2.06. The molecule has 1 rings (SSSR count). The number of rotatable bonds is 2. The fourth-order valence-electron chi connectivity index (χ4n) is 0.749. The van der Waals surface area contributed by atoms with E-state index in [1.165, 1.54) is 0 Å². The van der Waals surface area contributed by atoms with E-state index in [1.807, 2.05) is 6.92 Å². The van der Waals surface area contributed by atoms with Crippen molar-refractivity contribution >= 4 is 11.6 Å². The standard InChI is InChI=1S/C7H10ClN3/c1-2-6(9)5-3-10-7(8)11-4-5/h3-4,6H,2,9H2,1H3/t6-/m0/s1. The summed E-state index contributed by atoms with van der Waals surface area (Å²) in [6.45, 7) is 2.01. The highest BCUT2D eigenvalue weighted by atomic mass is 35.5. The summed E-state index contributed by atoms with van der Waals surface area (Å²) < 4.78 is 0. The molecule has 0 spiro atoms. The first kappa shape index (κ1) is 8.43. The van der Waals surface area contributed by atoms with E-state index < -0.39 is 0 Å². The Morgan fingerprint density at radius 1 is 1.55 bits per heavy atom. The lowest BCUT2D eigenvalue weighted by atomic mass is 10.1. The lowest BCUT2D eigenvalue weighted by Crippen LogP contribution is -2.09. The first-order chi connectivity index (χ1) is 5.24. The van der Waals surface area contributed by atoms with Crippen molar-refractivity contribution in [1.29, 1.82) is 0 Å². The third-order valence-corrected chi connectivity index (χ3v) is 1.70. The molecular weight excluding hydrogens is 162 g/mol. The molecule has 1 aromatic rings. The Kier molecular flexibility index (Phi) is 2.79. The number of aromatic nitrogens is 2. The quantitative estimate of drug-likeness (QED) is 0.687. The van der Waals surface area contributed by atoms with Crippen molar-refractivity contribution < 1.29 is 0 Å². The average molecular weight is 172 g/mol. The fourth-order valence-corrected chi connectivity index (χ4v) is 0.847. The zero-order valence-corrected chi connectivity index (χ0v) is 7.04. The lowest BCUT2D eigenvalue weighted by molar-refractivity contribution is 0.690. The molecule has 0 aromatic carbocycles. The predicted octanol–water partition coefficient (Wildman–Crippen LogP) is 1.54. The Bertz CT molecular complexity index is 222. The summed E-state index contributed by atoms with van der Waals surface area (Å²) in [6, 6.07) is 0.0206. The molecule has 3 nitrogen and oxygen atoms in total. The molecule has 0 aliphatic rings. The SMILES string of the molecule is CC[C@H](N)c1cnc(Cl)nc1. The number of nitrogens with two attached hydrogens (primary N) is 1. The van der Waals surface area contributed by atoms with Gasteiger partial charge in [0, 0.05) is 24.0 Å². The summed E-state index contributed by atoms with van der Waals surface area (Å²) in [7, 11) is 0. The molecule has 0 fully saturated rings. The largest absolute Gasteiger partial charge is 0.324 e. The third kappa shape index (κ3) is 2.13. The molecule has 0 aliphatic carbocycles. The van der Waals surface area contributed by atoms with Crippen molar-refractivity contribution in [2.24, 2.45) is 5.73 Å². The molecule has 0 amide bonds. The molecule has 1 heterocycles. The van der Waals surface area contributed by atoms with Crippen LogP contribution in [0.15, 0.2) is 12.4 Å². The summed E-state index contributed by atoms with van der Waals surface area (Å²) in [5, 5.41) is 0.261. The van der Waals surface area contributed by atoms with Gasteiger partial charge in [-0.15, -0.1) is 0 Å². The maximum absolute atomic E-state index is 5.72. The van der Waals surface area contributed by atoms with Crippen molar-refractivity contribution in [3.63, 3.8) is 0 Å². The molecule has 2 N–H and O–H groups in total. The molecule has 0 bridgehead atoms. The van der Waals surface area contributed by atoms with E-state index in [2.05, 4.69) is 9.97 Å². The molecule has 0 unspecified atom stereocenters. The van der Waals surface area contributed by atoms with Gasteiger partial charge in [0.05, 0.1) is 0 Å². The molecular formula is C7H10ClN3. The predicted molar refractivity (Wildman–Crippen MR) is 44.3 cm³/mol.